The Hall–Kier alpha value is -2.02. The monoisotopic (exact) mass is 325 g/mol. The number of aromatic carboxylic acids is 1. The number of carboxylic acids is 1. The SMILES string of the molecule is C/C=C/c1cc(C(=O)O)cc(N2CCCCS2(=O)=O)c1OC. The summed E-state index contributed by atoms with van der Waals surface area (Å²) in [4.78, 5) is 11.3. The third-order valence-electron chi connectivity index (χ3n) is 3.51. The van der Waals surface area contributed by atoms with E-state index < -0.39 is 16.0 Å². The molecule has 7 heteroatoms. The van der Waals surface area contributed by atoms with Gasteiger partial charge in [-0.1, -0.05) is 12.2 Å². The standard InChI is InChI=1S/C15H19NO5S/c1-3-6-11-9-12(15(17)18)10-13(14(11)21-2)16-7-4-5-8-22(16,19)20/h3,6,9-10H,4-5,7-8H2,1-2H3,(H,17,18)/b6-3+. The van der Waals surface area contributed by atoms with Crippen LogP contribution in [0.3, 0.4) is 0 Å². The van der Waals surface area contributed by atoms with E-state index >= 15 is 0 Å². The van der Waals surface area contributed by atoms with Gasteiger partial charge >= 0.3 is 5.97 Å². The van der Waals surface area contributed by atoms with Crippen molar-refractivity contribution < 1.29 is 23.1 Å². The summed E-state index contributed by atoms with van der Waals surface area (Å²) in [6.45, 7) is 2.13. The van der Waals surface area contributed by atoms with Crippen molar-refractivity contribution in [2.45, 2.75) is 19.8 Å². The molecular weight excluding hydrogens is 306 g/mol. The first-order valence-corrected chi connectivity index (χ1v) is 8.60. The Kier molecular flexibility index (Phi) is 4.75. The second-order valence-electron chi connectivity index (χ2n) is 5.02. The summed E-state index contributed by atoms with van der Waals surface area (Å²) in [5.41, 5.74) is 0.862. The van der Waals surface area contributed by atoms with Gasteiger partial charge in [0, 0.05) is 12.1 Å². The van der Waals surface area contributed by atoms with Crippen molar-refractivity contribution in [3.8, 4) is 5.75 Å². The van der Waals surface area contributed by atoms with E-state index in [0.29, 0.717) is 24.3 Å². The van der Waals surface area contributed by atoms with Crippen LogP contribution in [-0.4, -0.2) is 38.9 Å². The zero-order valence-electron chi connectivity index (χ0n) is 12.6. The van der Waals surface area contributed by atoms with Crippen molar-refractivity contribution in [2.24, 2.45) is 0 Å². The summed E-state index contributed by atoms with van der Waals surface area (Å²) in [6.07, 6.45) is 4.80. The molecule has 0 amide bonds. The maximum Gasteiger partial charge on any atom is 0.335 e. The number of methoxy groups -OCH3 is 1. The van der Waals surface area contributed by atoms with Crippen molar-refractivity contribution in [1.82, 2.24) is 0 Å². The van der Waals surface area contributed by atoms with Gasteiger partial charge < -0.3 is 9.84 Å². The van der Waals surface area contributed by atoms with Crippen LogP contribution in [0.25, 0.3) is 6.08 Å². The van der Waals surface area contributed by atoms with Crippen LogP contribution in [0, 0.1) is 0 Å². The van der Waals surface area contributed by atoms with Crippen LogP contribution in [0.15, 0.2) is 18.2 Å². The normalized spacial score (nSPS) is 17.6. The molecule has 1 aliphatic rings. The molecule has 2 rings (SSSR count). The number of sulfonamides is 1. The zero-order valence-corrected chi connectivity index (χ0v) is 13.4. The minimum absolute atomic E-state index is 0.0321. The van der Waals surface area contributed by atoms with E-state index in [0.717, 1.165) is 6.42 Å². The summed E-state index contributed by atoms with van der Waals surface area (Å²) in [6, 6.07) is 2.83. The van der Waals surface area contributed by atoms with Gasteiger partial charge in [0.25, 0.3) is 0 Å². The second kappa shape index (κ2) is 6.39. The second-order valence-corrected chi connectivity index (χ2v) is 7.03. The largest absolute Gasteiger partial charge is 0.494 e. The molecular formula is C15H19NO5S. The molecule has 0 aromatic heterocycles. The van der Waals surface area contributed by atoms with Crippen molar-refractivity contribution >= 4 is 27.8 Å². The van der Waals surface area contributed by atoms with Crippen molar-refractivity contribution in [2.75, 3.05) is 23.7 Å². The smallest absolute Gasteiger partial charge is 0.335 e. The number of anilines is 1. The van der Waals surface area contributed by atoms with Crippen molar-refractivity contribution in [1.29, 1.82) is 0 Å². The fraction of sp³-hybridized carbons (Fsp3) is 0.400. The average Bonchev–Trinajstić information content (AvgIpc) is 2.46. The Labute approximate surface area is 130 Å². The molecule has 120 valence electrons. The van der Waals surface area contributed by atoms with Gasteiger partial charge in [0.05, 0.1) is 24.1 Å². The Morgan fingerprint density at radius 3 is 2.64 bits per heavy atom. The summed E-state index contributed by atoms with van der Waals surface area (Å²) < 4.78 is 31.2. The Bertz CT molecular complexity index is 709. The number of rotatable bonds is 4. The number of carbonyl (C=O) groups is 1. The highest BCUT2D eigenvalue weighted by Gasteiger charge is 2.30. The van der Waals surface area contributed by atoms with Gasteiger partial charge in [0.2, 0.25) is 10.0 Å². The van der Waals surface area contributed by atoms with Gasteiger partial charge in [-0.25, -0.2) is 13.2 Å². The summed E-state index contributed by atoms with van der Waals surface area (Å²) in [5, 5.41) is 9.26. The van der Waals surface area contributed by atoms with E-state index in [4.69, 9.17) is 4.74 Å². The summed E-state index contributed by atoms with van der Waals surface area (Å²) >= 11 is 0. The van der Waals surface area contributed by atoms with Crippen LogP contribution >= 0.6 is 0 Å². The van der Waals surface area contributed by atoms with Crippen molar-refractivity contribution in [3.63, 3.8) is 0 Å². The molecule has 0 aliphatic carbocycles. The zero-order chi connectivity index (χ0) is 16.3. The highest BCUT2D eigenvalue weighted by molar-refractivity contribution is 7.92. The number of carboxylic acid groups (broad SMARTS) is 1. The van der Waals surface area contributed by atoms with E-state index in [2.05, 4.69) is 0 Å². The lowest BCUT2D eigenvalue weighted by Gasteiger charge is -2.30. The van der Waals surface area contributed by atoms with Crippen LogP contribution in [-0.2, 0) is 10.0 Å². The van der Waals surface area contributed by atoms with Crippen LogP contribution in [0.5, 0.6) is 5.75 Å². The van der Waals surface area contributed by atoms with Gasteiger partial charge in [-0.2, -0.15) is 0 Å². The van der Waals surface area contributed by atoms with E-state index in [1.54, 1.807) is 19.1 Å². The lowest BCUT2D eigenvalue weighted by molar-refractivity contribution is 0.0697. The number of benzene rings is 1. The minimum atomic E-state index is -3.45. The Balaban J connectivity index is 2.69. The number of hydrogen-bond acceptors (Lipinski definition) is 4. The highest BCUT2D eigenvalue weighted by Crippen LogP contribution is 2.37. The fourth-order valence-electron chi connectivity index (χ4n) is 2.53. The van der Waals surface area contributed by atoms with E-state index in [-0.39, 0.29) is 17.0 Å². The molecule has 1 aliphatic heterocycles. The topological polar surface area (TPSA) is 83.9 Å². The summed E-state index contributed by atoms with van der Waals surface area (Å²) in [7, 11) is -2.00. The molecule has 1 fully saturated rings. The van der Waals surface area contributed by atoms with Crippen LogP contribution in [0.2, 0.25) is 0 Å². The molecule has 0 saturated carbocycles. The quantitative estimate of drug-likeness (QED) is 0.918. The first kappa shape index (κ1) is 16.4. The molecule has 0 atom stereocenters. The van der Waals surface area contributed by atoms with E-state index in [9.17, 15) is 18.3 Å². The van der Waals surface area contributed by atoms with Crippen LogP contribution in [0.1, 0.15) is 35.7 Å². The van der Waals surface area contributed by atoms with Crippen LogP contribution in [0.4, 0.5) is 5.69 Å². The molecule has 1 heterocycles. The predicted molar refractivity (Wildman–Crippen MR) is 85.0 cm³/mol. The van der Waals surface area contributed by atoms with Gasteiger partial charge in [-0.3, -0.25) is 4.31 Å². The van der Waals surface area contributed by atoms with Gasteiger partial charge in [-0.05, 0) is 31.9 Å². The third kappa shape index (κ3) is 3.09. The first-order valence-electron chi connectivity index (χ1n) is 6.99. The van der Waals surface area contributed by atoms with Gasteiger partial charge in [0.1, 0.15) is 5.75 Å². The molecule has 0 spiro atoms. The van der Waals surface area contributed by atoms with Gasteiger partial charge in [0.15, 0.2) is 0 Å². The van der Waals surface area contributed by atoms with E-state index in [1.807, 2.05) is 0 Å². The first-order chi connectivity index (χ1) is 10.4. The Morgan fingerprint density at radius 2 is 2.09 bits per heavy atom. The van der Waals surface area contributed by atoms with Crippen LogP contribution < -0.4 is 9.04 Å². The molecule has 1 aromatic carbocycles. The average molecular weight is 325 g/mol. The Morgan fingerprint density at radius 1 is 1.36 bits per heavy atom. The lowest BCUT2D eigenvalue weighted by atomic mass is 10.1. The molecule has 22 heavy (non-hydrogen) atoms. The number of nitrogens with zero attached hydrogens (tertiary/aromatic N) is 1. The molecule has 0 radical (unpaired) electrons. The molecule has 1 N–H and O–H groups in total. The summed E-state index contributed by atoms with van der Waals surface area (Å²) in [5.74, 6) is -0.676. The highest BCUT2D eigenvalue weighted by atomic mass is 32.2. The van der Waals surface area contributed by atoms with E-state index in [1.165, 1.54) is 23.5 Å². The molecule has 1 saturated heterocycles. The molecule has 1 aromatic rings. The number of hydrogen-bond donors (Lipinski definition) is 1. The third-order valence-corrected chi connectivity index (χ3v) is 5.37. The number of allylic oxidation sites excluding steroid dienone is 1. The molecule has 6 nitrogen and oxygen atoms in total. The molecule has 0 unspecified atom stereocenters. The fourth-order valence-corrected chi connectivity index (χ4v) is 4.16. The van der Waals surface area contributed by atoms with Gasteiger partial charge in [-0.15, -0.1) is 0 Å². The predicted octanol–water partition coefficient (Wildman–Crippen LogP) is 2.36. The maximum absolute atomic E-state index is 12.3. The lowest BCUT2D eigenvalue weighted by Crippen LogP contribution is -2.38. The molecule has 0 bridgehead atoms. The minimum Gasteiger partial charge on any atom is -0.494 e. The maximum atomic E-state index is 12.3. The van der Waals surface area contributed by atoms with Crippen molar-refractivity contribution in [3.05, 3.63) is 29.3 Å². The number of ether oxygens (including phenoxy) is 1.